The number of carbonyl (C=O) groups excluding carboxylic acids is 1. The van der Waals surface area contributed by atoms with Crippen molar-refractivity contribution in [1.82, 2.24) is 4.90 Å². The van der Waals surface area contributed by atoms with Gasteiger partial charge in [0, 0.05) is 19.5 Å². The Morgan fingerprint density at radius 2 is 1.91 bits per heavy atom. The minimum Gasteiger partial charge on any atom is -0.481 e. The fourth-order valence-corrected chi connectivity index (χ4v) is 2.19. The van der Waals surface area contributed by atoms with E-state index in [0.717, 1.165) is 12.1 Å². The van der Waals surface area contributed by atoms with Crippen molar-refractivity contribution in [2.45, 2.75) is 38.8 Å². The molecule has 0 aliphatic heterocycles. The third kappa shape index (κ3) is 6.71. The average Bonchev–Trinajstić information content (AvgIpc) is 2.47. The Bertz CT molecular complexity index is 544. The zero-order chi connectivity index (χ0) is 17.5. The Morgan fingerprint density at radius 1 is 1.22 bits per heavy atom. The third-order valence-electron chi connectivity index (χ3n) is 3.44. The van der Waals surface area contributed by atoms with Crippen molar-refractivity contribution in [3.05, 3.63) is 35.4 Å². The molecule has 0 saturated heterocycles. The Balaban J connectivity index is 2.49. The van der Waals surface area contributed by atoms with Gasteiger partial charge in [0.05, 0.1) is 12.0 Å². The van der Waals surface area contributed by atoms with Crippen molar-refractivity contribution in [3.8, 4) is 0 Å². The molecule has 1 aromatic carbocycles. The number of carboxylic acid groups (broad SMARTS) is 1. The summed E-state index contributed by atoms with van der Waals surface area (Å²) in [5.41, 5.74) is -0.167. The summed E-state index contributed by atoms with van der Waals surface area (Å²) in [4.78, 5) is 23.9. The van der Waals surface area contributed by atoms with E-state index < -0.39 is 17.7 Å². The lowest BCUT2D eigenvalue weighted by molar-refractivity contribution is -0.139. The van der Waals surface area contributed by atoms with E-state index in [4.69, 9.17) is 5.11 Å². The number of hydrogen-bond acceptors (Lipinski definition) is 2. The van der Waals surface area contributed by atoms with Gasteiger partial charge in [0.15, 0.2) is 0 Å². The molecular formula is C16H20F3NO3. The number of aliphatic carboxylic acids is 1. The predicted octanol–water partition coefficient (Wildman–Crippen LogP) is 3.35. The van der Waals surface area contributed by atoms with Crippen LogP contribution in [-0.4, -0.2) is 35.0 Å². The fraction of sp³-hybridized carbons (Fsp3) is 0.500. The molecule has 1 rings (SSSR count). The first-order valence-corrected chi connectivity index (χ1v) is 7.39. The molecule has 1 amide bonds. The molecule has 0 radical (unpaired) electrons. The summed E-state index contributed by atoms with van der Waals surface area (Å²) in [6, 6.07) is 5.05. The number of benzene rings is 1. The lowest BCUT2D eigenvalue weighted by atomic mass is 10.0. The van der Waals surface area contributed by atoms with Crippen LogP contribution >= 0.6 is 0 Å². The van der Waals surface area contributed by atoms with Crippen LogP contribution in [0.2, 0.25) is 0 Å². The molecule has 0 heterocycles. The van der Waals surface area contributed by atoms with Crippen molar-refractivity contribution in [2.24, 2.45) is 0 Å². The molecule has 7 heteroatoms. The maximum absolute atomic E-state index is 12.6. The molecule has 23 heavy (non-hydrogen) atoms. The first kappa shape index (κ1) is 19.0. The van der Waals surface area contributed by atoms with Crippen LogP contribution in [0.3, 0.4) is 0 Å². The molecule has 0 fully saturated rings. The van der Waals surface area contributed by atoms with Gasteiger partial charge in [-0.1, -0.05) is 18.2 Å². The van der Waals surface area contributed by atoms with Crippen LogP contribution in [0.1, 0.15) is 37.3 Å². The summed E-state index contributed by atoms with van der Waals surface area (Å²) in [5.74, 6) is -1.15. The number of amides is 1. The first-order chi connectivity index (χ1) is 10.7. The van der Waals surface area contributed by atoms with Gasteiger partial charge >= 0.3 is 12.1 Å². The summed E-state index contributed by atoms with van der Waals surface area (Å²) in [6.45, 7) is 2.32. The minimum atomic E-state index is -4.37. The van der Waals surface area contributed by atoms with E-state index >= 15 is 0 Å². The summed E-state index contributed by atoms with van der Waals surface area (Å²) < 4.78 is 37.8. The van der Waals surface area contributed by atoms with Crippen LogP contribution in [0.25, 0.3) is 0 Å². The number of carbonyl (C=O) groups is 2. The van der Waals surface area contributed by atoms with E-state index in [9.17, 15) is 22.8 Å². The maximum atomic E-state index is 12.6. The first-order valence-electron chi connectivity index (χ1n) is 7.39. The number of nitrogens with zero attached hydrogens (tertiary/aromatic N) is 1. The van der Waals surface area contributed by atoms with Crippen molar-refractivity contribution >= 4 is 11.9 Å². The molecule has 1 aromatic rings. The molecule has 128 valence electrons. The van der Waals surface area contributed by atoms with E-state index in [2.05, 4.69) is 0 Å². The lowest BCUT2D eigenvalue weighted by Gasteiger charge is -2.20. The van der Waals surface area contributed by atoms with Gasteiger partial charge in [-0.2, -0.15) is 13.2 Å². The summed E-state index contributed by atoms with van der Waals surface area (Å²) in [5, 5.41) is 8.63. The van der Waals surface area contributed by atoms with E-state index in [1.807, 2.05) is 0 Å². The molecule has 0 atom stereocenters. The van der Waals surface area contributed by atoms with Gasteiger partial charge in [0.2, 0.25) is 5.91 Å². The molecule has 0 bridgehead atoms. The van der Waals surface area contributed by atoms with E-state index in [1.165, 1.54) is 11.0 Å². The monoisotopic (exact) mass is 331 g/mol. The van der Waals surface area contributed by atoms with Crippen molar-refractivity contribution in [1.29, 1.82) is 0 Å². The number of hydrogen-bond donors (Lipinski definition) is 1. The van der Waals surface area contributed by atoms with E-state index in [1.54, 1.807) is 13.0 Å². The van der Waals surface area contributed by atoms with Gasteiger partial charge in [-0.25, -0.2) is 0 Å². The second-order valence-electron chi connectivity index (χ2n) is 5.17. The van der Waals surface area contributed by atoms with Crippen LogP contribution in [0.15, 0.2) is 24.3 Å². The van der Waals surface area contributed by atoms with Crippen molar-refractivity contribution in [3.63, 3.8) is 0 Å². The van der Waals surface area contributed by atoms with Crippen LogP contribution in [0.5, 0.6) is 0 Å². The number of carboxylic acids is 1. The van der Waals surface area contributed by atoms with E-state index in [-0.39, 0.29) is 25.3 Å². The third-order valence-corrected chi connectivity index (χ3v) is 3.44. The average molecular weight is 331 g/mol. The second kappa shape index (κ2) is 8.55. The standard InChI is InChI=1S/C16H20F3NO3/c1-2-20(10-9-15(22)23)14(21)8-4-6-12-5-3-7-13(11-12)16(17,18)19/h3,5,7,11H,2,4,6,8-10H2,1H3,(H,22,23). The molecule has 0 saturated carbocycles. The topological polar surface area (TPSA) is 57.6 Å². The molecule has 0 aromatic heterocycles. The maximum Gasteiger partial charge on any atom is 0.416 e. The molecule has 4 nitrogen and oxygen atoms in total. The Morgan fingerprint density at radius 3 is 2.48 bits per heavy atom. The minimum absolute atomic E-state index is 0.118. The Hall–Kier alpha value is -2.05. The Labute approximate surface area is 132 Å². The molecule has 1 N–H and O–H groups in total. The zero-order valence-corrected chi connectivity index (χ0v) is 12.9. The van der Waals surface area contributed by atoms with Crippen LogP contribution < -0.4 is 0 Å². The fourth-order valence-electron chi connectivity index (χ4n) is 2.19. The highest BCUT2D eigenvalue weighted by Crippen LogP contribution is 2.29. The molecule has 0 aliphatic rings. The van der Waals surface area contributed by atoms with Gasteiger partial charge in [-0.05, 0) is 31.4 Å². The SMILES string of the molecule is CCN(CCC(=O)O)C(=O)CCCc1cccc(C(F)(F)F)c1. The molecular weight excluding hydrogens is 311 g/mol. The molecule has 0 aliphatic carbocycles. The highest BCUT2D eigenvalue weighted by molar-refractivity contribution is 5.77. The zero-order valence-electron chi connectivity index (χ0n) is 12.9. The highest BCUT2D eigenvalue weighted by Gasteiger charge is 2.30. The Kier molecular flexibility index (Phi) is 7.06. The van der Waals surface area contributed by atoms with Gasteiger partial charge in [0.1, 0.15) is 0 Å². The molecule has 0 spiro atoms. The number of rotatable bonds is 8. The molecule has 0 unspecified atom stereocenters. The number of alkyl halides is 3. The lowest BCUT2D eigenvalue weighted by Crippen LogP contribution is -2.32. The normalized spacial score (nSPS) is 11.3. The smallest absolute Gasteiger partial charge is 0.416 e. The predicted molar refractivity (Wildman–Crippen MR) is 78.9 cm³/mol. The van der Waals surface area contributed by atoms with E-state index in [0.29, 0.717) is 24.9 Å². The highest BCUT2D eigenvalue weighted by atomic mass is 19.4. The van der Waals surface area contributed by atoms with Gasteiger partial charge in [0.25, 0.3) is 0 Å². The van der Waals surface area contributed by atoms with Crippen molar-refractivity contribution < 1.29 is 27.9 Å². The summed E-state index contributed by atoms with van der Waals surface area (Å²) >= 11 is 0. The summed E-state index contributed by atoms with van der Waals surface area (Å²) in [7, 11) is 0. The van der Waals surface area contributed by atoms with Crippen molar-refractivity contribution in [2.75, 3.05) is 13.1 Å². The number of aryl methyl sites for hydroxylation is 1. The number of halogens is 3. The van der Waals surface area contributed by atoms with Crippen LogP contribution in [0, 0.1) is 0 Å². The van der Waals surface area contributed by atoms with Gasteiger partial charge < -0.3 is 10.0 Å². The summed E-state index contributed by atoms with van der Waals surface area (Å²) in [6.07, 6.45) is -3.52. The quantitative estimate of drug-likeness (QED) is 0.795. The largest absolute Gasteiger partial charge is 0.481 e. The van der Waals surface area contributed by atoms with Crippen LogP contribution in [-0.2, 0) is 22.2 Å². The van der Waals surface area contributed by atoms with Gasteiger partial charge in [-0.3, -0.25) is 9.59 Å². The van der Waals surface area contributed by atoms with Crippen LogP contribution in [0.4, 0.5) is 13.2 Å². The van der Waals surface area contributed by atoms with Gasteiger partial charge in [-0.15, -0.1) is 0 Å². The second-order valence-corrected chi connectivity index (χ2v) is 5.17.